The maximum absolute atomic E-state index is 12.8. The van der Waals surface area contributed by atoms with E-state index in [1.807, 2.05) is 4.72 Å². The Morgan fingerprint density at radius 1 is 1.15 bits per heavy atom. The van der Waals surface area contributed by atoms with Gasteiger partial charge >= 0.3 is 12.1 Å². The van der Waals surface area contributed by atoms with Crippen molar-refractivity contribution in [3.05, 3.63) is 70.4 Å². The SMILES string of the molecule is CC(C)(C)OC(=O)n1cc(CC(NS(=O)(=O)c2ccccc2[N+](=O)[O-])C(=O)O)c2ccccc21. The number of carboxylic acid groups (broad SMARTS) is 1. The normalized spacial score (nSPS) is 12.9. The third-order valence-corrected chi connectivity index (χ3v) is 6.27. The van der Waals surface area contributed by atoms with E-state index in [-0.39, 0.29) is 6.42 Å². The number of nitrogens with zero attached hydrogens (tertiary/aromatic N) is 2. The van der Waals surface area contributed by atoms with Crippen molar-refractivity contribution in [2.24, 2.45) is 0 Å². The summed E-state index contributed by atoms with van der Waals surface area (Å²) in [5.41, 5.74) is -0.621. The number of sulfonamides is 1. The molecule has 0 saturated heterocycles. The molecule has 0 amide bonds. The predicted molar refractivity (Wildman–Crippen MR) is 122 cm³/mol. The molecule has 0 bridgehead atoms. The van der Waals surface area contributed by atoms with Gasteiger partial charge in [-0.15, -0.1) is 0 Å². The lowest BCUT2D eigenvalue weighted by atomic mass is 10.1. The molecule has 1 heterocycles. The number of rotatable bonds is 7. The maximum Gasteiger partial charge on any atom is 0.419 e. The van der Waals surface area contributed by atoms with Crippen molar-refractivity contribution in [2.75, 3.05) is 0 Å². The van der Waals surface area contributed by atoms with Crippen LogP contribution in [0.1, 0.15) is 26.3 Å². The highest BCUT2D eigenvalue weighted by Crippen LogP contribution is 2.26. The van der Waals surface area contributed by atoms with Gasteiger partial charge in [0, 0.05) is 24.1 Å². The summed E-state index contributed by atoms with van der Waals surface area (Å²) < 4.78 is 34.3. The third-order valence-electron chi connectivity index (χ3n) is 4.76. The molecule has 1 aromatic heterocycles. The summed E-state index contributed by atoms with van der Waals surface area (Å²) in [7, 11) is -4.56. The van der Waals surface area contributed by atoms with Crippen molar-refractivity contribution in [3.63, 3.8) is 0 Å². The first kappa shape index (κ1) is 24.9. The summed E-state index contributed by atoms with van der Waals surface area (Å²) >= 11 is 0. The van der Waals surface area contributed by atoms with Gasteiger partial charge in [0.1, 0.15) is 11.6 Å². The zero-order valence-electron chi connectivity index (χ0n) is 18.6. The maximum atomic E-state index is 12.8. The monoisotopic (exact) mass is 489 g/mol. The average Bonchev–Trinajstić information content (AvgIpc) is 3.10. The first-order valence-electron chi connectivity index (χ1n) is 10.1. The van der Waals surface area contributed by atoms with Gasteiger partial charge in [0.15, 0.2) is 4.90 Å². The van der Waals surface area contributed by atoms with Gasteiger partial charge in [-0.3, -0.25) is 19.5 Å². The summed E-state index contributed by atoms with van der Waals surface area (Å²) in [6.45, 7) is 5.11. The summed E-state index contributed by atoms with van der Waals surface area (Å²) in [6.07, 6.45) is 0.390. The van der Waals surface area contributed by atoms with E-state index in [9.17, 15) is 33.2 Å². The van der Waals surface area contributed by atoms with E-state index < -0.39 is 49.2 Å². The number of nitro benzene ring substituents is 1. The minimum absolute atomic E-state index is 0.328. The Balaban J connectivity index is 1.99. The number of aliphatic carboxylic acids is 1. The van der Waals surface area contributed by atoms with Gasteiger partial charge < -0.3 is 9.84 Å². The van der Waals surface area contributed by atoms with Crippen molar-refractivity contribution < 1.29 is 32.8 Å². The van der Waals surface area contributed by atoms with Crippen LogP contribution in [0.2, 0.25) is 0 Å². The lowest BCUT2D eigenvalue weighted by molar-refractivity contribution is -0.387. The number of carbonyl (C=O) groups is 2. The minimum Gasteiger partial charge on any atom is -0.480 e. The topological polar surface area (TPSA) is 158 Å². The fourth-order valence-corrected chi connectivity index (χ4v) is 4.72. The van der Waals surface area contributed by atoms with Gasteiger partial charge in [0.25, 0.3) is 5.69 Å². The number of ether oxygens (including phenoxy) is 1. The van der Waals surface area contributed by atoms with Crippen LogP contribution in [0.4, 0.5) is 10.5 Å². The Hall–Kier alpha value is -3.77. The number of carbonyl (C=O) groups excluding carboxylic acids is 1. The Morgan fingerprint density at radius 3 is 2.38 bits per heavy atom. The van der Waals surface area contributed by atoms with E-state index in [4.69, 9.17) is 4.74 Å². The van der Waals surface area contributed by atoms with Crippen LogP contribution >= 0.6 is 0 Å². The fraction of sp³-hybridized carbons (Fsp3) is 0.273. The summed E-state index contributed by atoms with van der Waals surface area (Å²) in [6, 6.07) is 9.67. The first-order chi connectivity index (χ1) is 15.8. The smallest absolute Gasteiger partial charge is 0.419 e. The van der Waals surface area contributed by atoms with Crippen LogP contribution < -0.4 is 4.72 Å². The second kappa shape index (κ2) is 9.23. The van der Waals surface area contributed by atoms with E-state index in [1.165, 1.54) is 22.9 Å². The zero-order valence-corrected chi connectivity index (χ0v) is 19.4. The van der Waals surface area contributed by atoms with Crippen LogP contribution in [-0.2, 0) is 26.0 Å². The van der Waals surface area contributed by atoms with Gasteiger partial charge in [-0.25, -0.2) is 13.2 Å². The summed E-state index contributed by atoms with van der Waals surface area (Å²) in [5.74, 6) is -1.49. The van der Waals surface area contributed by atoms with Gasteiger partial charge in [0.05, 0.1) is 10.4 Å². The van der Waals surface area contributed by atoms with Crippen molar-refractivity contribution >= 4 is 38.7 Å². The lowest BCUT2D eigenvalue weighted by Crippen LogP contribution is -2.42. The predicted octanol–water partition coefficient (Wildman–Crippen LogP) is 3.31. The molecule has 0 aliphatic carbocycles. The third kappa shape index (κ3) is 5.41. The molecule has 11 nitrogen and oxygen atoms in total. The number of benzene rings is 2. The number of aromatic nitrogens is 1. The molecule has 12 heteroatoms. The first-order valence-corrected chi connectivity index (χ1v) is 11.6. The van der Waals surface area contributed by atoms with Gasteiger partial charge in [-0.2, -0.15) is 4.72 Å². The summed E-state index contributed by atoms with van der Waals surface area (Å²) in [4.78, 5) is 34.3. The lowest BCUT2D eigenvalue weighted by Gasteiger charge is -2.19. The molecule has 180 valence electrons. The van der Waals surface area contributed by atoms with E-state index in [2.05, 4.69) is 0 Å². The molecule has 0 fully saturated rings. The second-order valence-electron chi connectivity index (χ2n) is 8.46. The van der Waals surface area contributed by atoms with Crippen molar-refractivity contribution in [1.29, 1.82) is 0 Å². The van der Waals surface area contributed by atoms with Crippen LogP contribution in [0.5, 0.6) is 0 Å². The Morgan fingerprint density at radius 2 is 1.76 bits per heavy atom. The number of hydrogen-bond acceptors (Lipinski definition) is 7. The van der Waals surface area contributed by atoms with Crippen LogP contribution in [0, 0.1) is 10.1 Å². The fourth-order valence-electron chi connectivity index (χ4n) is 3.36. The van der Waals surface area contributed by atoms with Crippen molar-refractivity contribution in [2.45, 2.75) is 43.7 Å². The molecule has 0 aliphatic heterocycles. The van der Waals surface area contributed by atoms with Crippen molar-refractivity contribution in [3.8, 4) is 0 Å². The van der Waals surface area contributed by atoms with Crippen LogP contribution in [0.3, 0.4) is 0 Å². The van der Waals surface area contributed by atoms with E-state index in [0.29, 0.717) is 16.5 Å². The van der Waals surface area contributed by atoms with Gasteiger partial charge in [-0.1, -0.05) is 30.3 Å². The Labute approximate surface area is 195 Å². The number of carboxylic acids is 1. The molecule has 1 atom stereocenters. The molecule has 3 rings (SSSR count). The molecule has 34 heavy (non-hydrogen) atoms. The molecule has 1 unspecified atom stereocenters. The number of nitro groups is 1. The number of nitrogens with one attached hydrogen (secondary N) is 1. The standard InChI is InChI=1S/C22H23N3O8S/c1-22(2,3)33-21(28)24-13-14(15-8-4-5-9-17(15)24)12-16(20(26)27)23-34(31,32)19-11-7-6-10-18(19)25(29)30/h4-11,13,16,23H,12H2,1-3H3,(H,26,27). The van der Waals surface area contributed by atoms with Crippen LogP contribution in [0.15, 0.2) is 59.6 Å². The number of para-hydroxylation sites is 2. The number of fused-ring (bicyclic) bond motifs is 1. The highest BCUT2D eigenvalue weighted by Gasteiger charge is 2.31. The number of hydrogen-bond donors (Lipinski definition) is 2. The molecule has 0 spiro atoms. The van der Waals surface area contributed by atoms with Crippen LogP contribution in [0.25, 0.3) is 10.9 Å². The molecular weight excluding hydrogens is 466 g/mol. The van der Waals surface area contributed by atoms with Gasteiger partial charge in [-0.05, 0) is 38.5 Å². The van der Waals surface area contributed by atoms with E-state index >= 15 is 0 Å². The van der Waals surface area contributed by atoms with Crippen LogP contribution in [-0.4, -0.2) is 46.7 Å². The molecule has 2 aromatic carbocycles. The summed E-state index contributed by atoms with van der Waals surface area (Å²) in [5, 5.41) is 21.5. The zero-order chi connectivity index (χ0) is 25.3. The Bertz CT molecular complexity index is 1370. The molecule has 2 N–H and O–H groups in total. The Kier molecular flexibility index (Phi) is 6.75. The van der Waals surface area contributed by atoms with E-state index in [1.54, 1.807) is 45.0 Å². The average molecular weight is 490 g/mol. The largest absolute Gasteiger partial charge is 0.480 e. The molecule has 3 aromatic rings. The van der Waals surface area contributed by atoms with Gasteiger partial charge in [0.2, 0.25) is 10.0 Å². The highest BCUT2D eigenvalue weighted by atomic mass is 32.2. The van der Waals surface area contributed by atoms with E-state index in [0.717, 1.165) is 12.1 Å². The highest BCUT2D eigenvalue weighted by molar-refractivity contribution is 7.89. The second-order valence-corrected chi connectivity index (χ2v) is 10.1. The molecule has 0 radical (unpaired) electrons. The van der Waals surface area contributed by atoms with Crippen molar-refractivity contribution in [1.82, 2.24) is 9.29 Å². The minimum atomic E-state index is -4.56. The molecular formula is C22H23N3O8S. The quantitative estimate of drug-likeness (QED) is 0.378. The molecule has 0 saturated carbocycles. The molecule has 0 aliphatic rings.